The van der Waals surface area contributed by atoms with Gasteiger partial charge in [0.15, 0.2) is 5.65 Å². The van der Waals surface area contributed by atoms with E-state index in [1.54, 1.807) is 30.5 Å². The van der Waals surface area contributed by atoms with E-state index in [9.17, 15) is 8.42 Å². The quantitative estimate of drug-likeness (QED) is 0.246. The first kappa shape index (κ1) is 17.0. The Morgan fingerprint density at radius 3 is 2.48 bits per heavy atom. The molecule has 0 amide bonds. The number of aryl methyl sites for hydroxylation is 1. The van der Waals surface area contributed by atoms with Crippen molar-refractivity contribution in [3.05, 3.63) is 44.9 Å². The zero-order valence-corrected chi connectivity index (χ0v) is 16.7. The largest absolute Gasteiger partial charge is 0.269 e. The van der Waals surface area contributed by atoms with Gasteiger partial charge in [0, 0.05) is 9.77 Å². The third-order valence-corrected chi connectivity index (χ3v) is 6.61. The predicted molar refractivity (Wildman–Crippen MR) is 101 cm³/mol. The van der Waals surface area contributed by atoms with Crippen molar-refractivity contribution in [3.63, 3.8) is 0 Å². The molecule has 0 fully saturated rings. The van der Waals surface area contributed by atoms with E-state index in [1.165, 1.54) is 15.7 Å². The summed E-state index contributed by atoms with van der Waals surface area (Å²) in [7, 11) is -3.75. The highest BCUT2D eigenvalue weighted by Gasteiger charge is 2.24. The molecule has 0 bridgehead atoms. The van der Waals surface area contributed by atoms with Crippen LogP contribution in [0.15, 0.2) is 40.4 Å². The number of nitrogens with zero attached hydrogens (tertiary/aromatic N) is 3. The van der Waals surface area contributed by atoms with Crippen LogP contribution in [0.2, 0.25) is 5.28 Å². The molecule has 120 valence electrons. The maximum atomic E-state index is 12.9. The molecular weight excluding hydrogens is 469 g/mol. The van der Waals surface area contributed by atoms with Crippen LogP contribution < -0.4 is 0 Å². The number of rotatable bonds is 3. The number of benzene rings is 1. The standard InChI is InChI=1S/C14H11ClIN3O2S2/c1-8-3-5-9(6-4-8)23(20,21)19-7-10(16)11-12(19)17-14(15)18-13(11)22-2/h3-7H,1-2H3. The molecule has 0 saturated carbocycles. The van der Waals surface area contributed by atoms with Crippen LogP contribution in [0.5, 0.6) is 0 Å². The first-order valence-electron chi connectivity index (χ1n) is 6.45. The summed E-state index contributed by atoms with van der Waals surface area (Å²) in [5, 5.41) is 1.37. The van der Waals surface area contributed by atoms with Gasteiger partial charge in [-0.15, -0.1) is 11.8 Å². The Balaban J connectivity index is 2.32. The zero-order chi connectivity index (χ0) is 16.8. The van der Waals surface area contributed by atoms with Crippen LogP contribution in [0.3, 0.4) is 0 Å². The van der Waals surface area contributed by atoms with E-state index in [1.807, 2.05) is 13.2 Å². The summed E-state index contributed by atoms with van der Waals surface area (Å²) < 4.78 is 27.8. The molecule has 0 aliphatic carbocycles. The van der Waals surface area contributed by atoms with Crippen molar-refractivity contribution in [1.82, 2.24) is 13.9 Å². The Morgan fingerprint density at radius 1 is 1.22 bits per heavy atom. The maximum Gasteiger partial charge on any atom is 0.269 e. The van der Waals surface area contributed by atoms with Crippen molar-refractivity contribution < 1.29 is 8.42 Å². The van der Waals surface area contributed by atoms with E-state index >= 15 is 0 Å². The van der Waals surface area contributed by atoms with Crippen LogP contribution in [0, 0.1) is 10.5 Å². The van der Waals surface area contributed by atoms with E-state index in [-0.39, 0.29) is 10.2 Å². The maximum absolute atomic E-state index is 12.9. The topological polar surface area (TPSA) is 64.8 Å². The molecule has 23 heavy (non-hydrogen) atoms. The van der Waals surface area contributed by atoms with Gasteiger partial charge in [0.25, 0.3) is 10.0 Å². The van der Waals surface area contributed by atoms with Gasteiger partial charge < -0.3 is 0 Å². The van der Waals surface area contributed by atoms with Crippen LogP contribution in [-0.2, 0) is 10.0 Å². The van der Waals surface area contributed by atoms with Gasteiger partial charge >= 0.3 is 0 Å². The van der Waals surface area contributed by atoms with E-state index in [0.29, 0.717) is 16.1 Å². The zero-order valence-electron chi connectivity index (χ0n) is 12.1. The molecule has 1 aromatic carbocycles. The molecule has 2 heterocycles. The number of aromatic nitrogens is 3. The summed E-state index contributed by atoms with van der Waals surface area (Å²) in [5.74, 6) is 0. The first-order chi connectivity index (χ1) is 10.8. The van der Waals surface area contributed by atoms with Gasteiger partial charge in [-0.2, -0.15) is 4.98 Å². The molecule has 9 heteroatoms. The minimum atomic E-state index is -3.75. The summed E-state index contributed by atoms with van der Waals surface area (Å²) in [6, 6.07) is 6.70. The molecule has 0 radical (unpaired) electrons. The van der Waals surface area contributed by atoms with Crippen LogP contribution in [0.4, 0.5) is 0 Å². The highest BCUT2D eigenvalue weighted by molar-refractivity contribution is 14.1. The predicted octanol–water partition coefficient (Wildman–Crippen LogP) is 3.96. The second-order valence-electron chi connectivity index (χ2n) is 4.79. The Morgan fingerprint density at radius 2 is 1.87 bits per heavy atom. The third kappa shape index (κ3) is 2.97. The van der Waals surface area contributed by atoms with Crippen LogP contribution in [0.25, 0.3) is 11.0 Å². The van der Waals surface area contributed by atoms with Gasteiger partial charge in [-0.1, -0.05) is 17.7 Å². The minimum Gasteiger partial charge on any atom is -0.223 e. The lowest BCUT2D eigenvalue weighted by molar-refractivity contribution is 0.588. The van der Waals surface area contributed by atoms with Crippen LogP contribution >= 0.6 is 46.0 Å². The van der Waals surface area contributed by atoms with Gasteiger partial charge in [0.05, 0.1) is 10.3 Å². The van der Waals surface area contributed by atoms with Crippen molar-refractivity contribution in [1.29, 1.82) is 0 Å². The molecule has 3 aromatic rings. The lowest BCUT2D eigenvalue weighted by Gasteiger charge is -2.08. The lowest BCUT2D eigenvalue weighted by atomic mass is 10.2. The fraction of sp³-hybridized carbons (Fsp3) is 0.143. The first-order valence-corrected chi connectivity index (χ1v) is 10.6. The summed E-state index contributed by atoms with van der Waals surface area (Å²) in [6.07, 6.45) is 3.41. The number of fused-ring (bicyclic) bond motifs is 1. The second kappa shape index (κ2) is 6.23. The van der Waals surface area contributed by atoms with Crippen molar-refractivity contribution in [3.8, 4) is 0 Å². The number of halogens is 2. The van der Waals surface area contributed by atoms with Gasteiger partial charge in [-0.25, -0.2) is 17.4 Å². The molecule has 0 atom stereocenters. The van der Waals surface area contributed by atoms with Crippen molar-refractivity contribution >= 4 is 67.0 Å². The lowest BCUT2D eigenvalue weighted by Crippen LogP contribution is -2.12. The molecule has 5 nitrogen and oxygen atoms in total. The fourth-order valence-corrected chi connectivity index (χ4v) is 5.41. The number of hydrogen-bond donors (Lipinski definition) is 0. The second-order valence-corrected chi connectivity index (χ2v) is 8.90. The van der Waals surface area contributed by atoms with E-state index in [0.717, 1.165) is 9.13 Å². The summed E-state index contributed by atoms with van der Waals surface area (Å²) >= 11 is 9.44. The monoisotopic (exact) mass is 479 g/mol. The third-order valence-electron chi connectivity index (χ3n) is 3.28. The molecule has 3 rings (SSSR count). The molecule has 0 N–H and O–H groups in total. The van der Waals surface area contributed by atoms with Crippen molar-refractivity contribution in [2.24, 2.45) is 0 Å². The Kier molecular flexibility index (Phi) is 4.60. The average Bonchev–Trinajstić information content (AvgIpc) is 2.84. The molecule has 0 spiro atoms. The Hall–Kier alpha value is -0.840. The molecule has 0 unspecified atom stereocenters. The van der Waals surface area contributed by atoms with E-state index in [4.69, 9.17) is 11.6 Å². The Bertz CT molecular complexity index is 1000. The number of hydrogen-bond acceptors (Lipinski definition) is 5. The van der Waals surface area contributed by atoms with Crippen molar-refractivity contribution in [2.75, 3.05) is 6.26 Å². The molecule has 0 saturated heterocycles. The fourth-order valence-electron chi connectivity index (χ4n) is 2.16. The van der Waals surface area contributed by atoms with Gasteiger partial charge in [-0.3, -0.25) is 0 Å². The molecule has 0 aliphatic heterocycles. The summed E-state index contributed by atoms with van der Waals surface area (Å²) in [5.41, 5.74) is 1.28. The SMILES string of the molecule is CSc1nc(Cl)nc2c1c(I)cn2S(=O)(=O)c1ccc(C)cc1. The van der Waals surface area contributed by atoms with Gasteiger partial charge in [0.1, 0.15) is 5.03 Å². The highest BCUT2D eigenvalue weighted by atomic mass is 127. The van der Waals surface area contributed by atoms with Gasteiger partial charge in [0.2, 0.25) is 5.28 Å². The summed E-state index contributed by atoms with van der Waals surface area (Å²) in [4.78, 5) is 8.50. The van der Waals surface area contributed by atoms with Crippen LogP contribution in [0.1, 0.15) is 5.56 Å². The minimum absolute atomic E-state index is 0.0247. The van der Waals surface area contributed by atoms with Crippen molar-refractivity contribution in [2.45, 2.75) is 16.8 Å². The molecule has 2 aromatic heterocycles. The average molecular weight is 480 g/mol. The Labute approximate surface area is 156 Å². The smallest absolute Gasteiger partial charge is 0.223 e. The highest BCUT2D eigenvalue weighted by Crippen LogP contribution is 2.32. The normalized spacial score (nSPS) is 12.0. The van der Waals surface area contributed by atoms with Gasteiger partial charge in [-0.05, 0) is 59.5 Å². The molecule has 0 aliphatic rings. The van der Waals surface area contributed by atoms with Crippen LogP contribution in [-0.4, -0.2) is 28.6 Å². The summed E-state index contributed by atoms with van der Waals surface area (Å²) in [6.45, 7) is 1.90. The molecular formula is C14H11ClIN3O2S2. The van der Waals surface area contributed by atoms with E-state index < -0.39 is 10.0 Å². The van der Waals surface area contributed by atoms with E-state index in [2.05, 4.69) is 32.6 Å². The number of thioether (sulfide) groups is 1.